The van der Waals surface area contributed by atoms with Crippen LogP contribution in [0.4, 0.5) is 0 Å². The Morgan fingerprint density at radius 2 is 2.10 bits per heavy atom. The van der Waals surface area contributed by atoms with E-state index in [0.29, 0.717) is 17.8 Å². The van der Waals surface area contributed by atoms with E-state index in [1.807, 2.05) is 13.0 Å². The predicted octanol–water partition coefficient (Wildman–Crippen LogP) is 4.48. The number of pyridine rings is 1. The van der Waals surface area contributed by atoms with Crippen LogP contribution in [0, 0.1) is 18.8 Å². The van der Waals surface area contributed by atoms with Crippen molar-refractivity contribution in [2.45, 2.75) is 52.0 Å². The Labute approximate surface area is 125 Å². The summed E-state index contributed by atoms with van der Waals surface area (Å²) in [6.45, 7) is 6.69. The van der Waals surface area contributed by atoms with Crippen molar-refractivity contribution in [3.05, 3.63) is 23.7 Å². The Morgan fingerprint density at radius 3 is 2.75 bits per heavy atom. The number of aryl methyl sites for hydroxylation is 1. The number of alkyl halides is 1. The summed E-state index contributed by atoms with van der Waals surface area (Å²) in [6, 6.07) is 4.57. The summed E-state index contributed by atoms with van der Waals surface area (Å²) in [7, 11) is 0. The largest absolute Gasteiger partial charge is 0.308 e. The van der Waals surface area contributed by atoms with Crippen LogP contribution in [0.25, 0.3) is 11.2 Å². The molecule has 0 aromatic carbocycles. The van der Waals surface area contributed by atoms with Gasteiger partial charge in [-0.15, -0.1) is 11.6 Å². The van der Waals surface area contributed by atoms with Crippen molar-refractivity contribution >= 4 is 22.8 Å². The maximum atomic E-state index is 6.13. The van der Waals surface area contributed by atoms with E-state index in [0.717, 1.165) is 28.6 Å². The van der Waals surface area contributed by atoms with Gasteiger partial charge in [-0.05, 0) is 43.7 Å². The Balaban J connectivity index is 2.12. The summed E-state index contributed by atoms with van der Waals surface area (Å²) in [5, 5.41) is 0. The van der Waals surface area contributed by atoms with Crippen LogP contribution in [0.3, 0.4) is 0 Å². The number of halogens is 1. The highest BCUT2D eigenvalue weighted by Gasteiger charge is 2.34. The molecule has 2 heterocycles. The lowest BCUT2D eigenvalue weighted by Gasteiger charge is -2.23. The first-order valence-electron chi connectivity index (χ1n) is 7.56. The molecule has 1 aliphatic rings. The van der Waals surface area contributed by atoms with Gasteiger partial charge in [-0.25, -0.2) is 9.97 Å². The summed E-state index contributed by atoms with van der Waals surface area (Å²) in [5.74, 6) is 2.90. The summed E-state index contributed by atoms with van der Waals surface area (Å²) >= 11 is 6.13. The molecule has 1 saturated carbocycles. The third-order valence-electron chi connectivity index (χ3n) is 4.91. The Bertz CT molecular complexity index is 619. The molecule has 0 radical (unpaired) electrons. The summed E-state index contributed by atoms with van der Waals surface area (Å²) < 4.78 is 2.32. The van der Waals surface area contributed by atoms with E-state index in [1.165, 1.54) is 19.3 Å². The standard InChI is InChI=1S/C16H22ClN3/c1-4-12-6-8-14(11(12)3)20-15(9-17)19-13-7-5-10(2)18-16(13)20/h5,7,11-12,14H,4,6,8-9H2,1-3H3. The number of rotatable bonds is 3. The molecule has 2 aromatic rings. The van der Waals surface area contributed by atoms with Gasteiger partial charge in [0.05, 0.1) is 5.88 Å². The minimum atomic E-state index is 0.454. The van der Waals surface area contributed by atoms with Crippen LogP contribution in [0.2, 0.25) is 0 Å². The lowest BCUT2D eigenvalue weighted by molar-refractivity contribution is 0.329. The van der Waals surface area contributed by atoms with Crippen molar-refractivity contribution in [3.8, 4) is 0 Å². The van der Waals surface area contributed by atoms with Crippen LogP contribution in [-0.4, -0.2) is 14.5 Å². The molecule has 2 aromatic heterocycles. The van der Waals surface area contributed by atoms with Gasteiger partial charge in [-0.3, -0.25) is 0 Å². The number of nitrogens with zero attached hydrogens (tertiary/aromatic N) is 3. The van der Waals surface area contributed by atoms with Crippen LogP contribution in [0.1, 0.15) is 50.7 Å². The zero-order valence-corrected chi connectivity index (χ0v) is 13.2. The number of aromatic nitrogens is 3. The zero-order chi connectivity index (χ0) is 14.3. The van der Waals surface area contributed by atoms with E-state index in [4.69, 9.17) is 16.6 Å². The minimum Gasteiger partial charge on any atom is -0.308 e. The van der Waals surface area contributed by atoms with Crippen molar-refractivity contribution in [1.82, 2.24) is 14.5 Å². The quantitative estimate of drug-likeness (QED) is 0.781. The molecule has 3 rings (SSSR count). The first-order valence-corrected chi connectivity index (χ1v) is 8.09. The smallest absolute Gasteiger partial charge is 0.160 e. The van der Waals surface area contributed by atoms with Gasteiger partial charge >= 0.3 is 0 Å². The molecule has 20 heavy (non-hydrogen) atoms. The summed E-state index contributed by atoms with van der Waals surface area (Å²) in [6.07, 6.45) is 3.77. The monoisotopic (exact) mass is 291 g/mol. The van der Waals surface area contributed by atoms with Crippen molar-refractivity contribution in [1.29, 1.82) is 0 Å². The number of fused-ring (bicyclic) bond motifs is 1. The second-order valence-electron chi connectivity index (χ2n) is 6.00. The molecule has 1 fully saturated rings. The van der Waals surface area contributed by atoms with Crippen molar-refractivity contribution in [2.24, 2.45) is 11.8 Å². The molecule has 0 bridgehead atoms. The Hall–Kier alpha value is -1.09. The van der Waals surface area contributed by atoms with E-state index in [2.05, 4.69) is 29.5 Å². The van der Waals surface area contributed by atoms with Gasteiger partial charge in [0.1, 0.15) is 11.3 Å². The van der Waals surface area contributed by atoms with Gasteiger partial charge in [-0.2, -0.15) is 0 Å². The van der Waals surface area contributed by atoms with Crippen LogP contribution < -0.4 is 0 Å². The maximum Gasteiger partial charge on any atom is 0.160 e. The van der Waals surface area contributed by atoms with E-state index >= 15 is 0 Å². The molecule has 0 amide bonds. The average Bonchev–Trinajstić information content (AvgIpc) is 2.98. The lowest BCUT2D eigenvalue weighted by atomic mass is 9.93. The molecule has 3 unspecified atom stereocenters. The number of hydrogen-bond donors (Lipinski definition) is 0. The molecule has 4 heteroatoms. The number of hydrogen-bond acceptors (Lipinski definition) is 2. The fraction of sp³-hybridized carbons (Fsp3) is 0.625. The highest BCUT2D eigenvalue weighted by Crippen LogP contribution is 2.43. The van der Waals surface area contributed by atoms with Gasteiger partial charge in [0.25, 0.3) is 0 Å². The van der Waals surface area contributed by atoms with Crippen LogP contribution in [-0.2, 0) is 5.88 Å². The molecule has 1 aliphatic carbocycles. The SMILES string of the molecule is CCC1CCC(n2c(CCl)nc3ccc(C)nc32)C1C. The van der Waals surface area contributed by atoms with E-state index in [9.17, 15) is 0 Å². The Kier molecular flexibility index (Phi) is 3.72. The van der Waals surface area contributed by atoms with Gasteiger partial charge in [0, 0.05) is 11.7 Å². The normalized spacial score (nSPS) is 26.5. The van der Waals surface area contributed by atoms with Crippen LogP contribution in [0.15, 0.2) is 12.1 Å². The Morgan fingerprint density at radius 1 is 1.30 bits per heavy atom. The average molecular weight is 292 g/mol. The number of imidazole rings is 1. The van der Waals surface area contributed by atoms with E-state index in [-0.39, 0.29) is 0 Å². The van der Waals surface area contributed by atoms with Crippen molar-refractivity contribution in [3.63, 3.8) is 0 Å². The molecule has 108 valence electrons. The second-order valence-corrected chi connectivity index (χ2v) is 6.27. The van der Waals surface area contributed by atoms with Gasteiger partial charge in [0.2, 0.25) is 0 Å². The van der Waals surface area contributed by atoms with Gasteiger partial charge in [-0.1, -0.05) is 20.3 Å². The fourth-order valence-corrected chi connectivity index (χ4v) is 3.91. The van der Waals surface area contributed by atoms with Crippen molar-refractivity contribution < 1.29 is 0 Å². The predicted molar refractivity (Wildman–Crippen MR) is 83.0 cm³/mol. The molecular weight excluding hydrogens is 270 g/mol. The first-order chi connectivity index (χ1) is 9.65. The highest BCUT2D eigenvalue weighted by molar-refractivity contribution is 6.16. The molecule has 3 nitrogen and oxygen atoms in total. The third-order valence-corrected chi connectivity index (χ3v) is 5.15. The topological polar surface area (TPSA) is 30.7 Å². The summed E-state index contributed by atoms with van der Waals surface area (Å²) in [5.41, 5.74) is 3.02. The highest BCUT2D eigenvalue weighted by atomic mass is 35.5. The molecule has 0 saturated heterocycles. The van der Waals surface area contributed by atoms with Gasteiger partial charge in [0.15, 0.2) is 5.65 Å². The molecule has 0 aliphatic heterocycles. The molecular formula is C16H22ClN3. The minimum absolute atomic E-state index is 0.454. The van der Waals surface area contributed by atoms with E-state index < -0.39 is 0 Å². The van der Waals surface area contributed by atoms with Gasteiger partial charge < -0.3 is 4.57 Å². The fourth-order valence-electron chi connectivity index (χ4n) is 3.72. The molecule has 0 N–H and O–H groups in total. The maximum absolute atomic E-state index is 6.13. The van der Waals surface area contributed by atoms with Crippen LogP contribution >= 0.6 is 11.6 Å². The summed E-state index contributed by atoms with van der Waals surface area (Å²) in [4.78, 5) is 9.39. The zero-order valence-electron chi connectivity index (χ0n) is 12.4. The van der Waals surface area contributed by atoms with Crippen LogP contribution in [0.5, 0.6) is 0 Å². The third kappa shape index (κ3) is 2.12. The first kappa shape index (κ1) is 13.9. The molecule has 0 spiro atoms. The molecule has 3 atom stereocenters. The second kappa shape index (κ2) is 5.36. The lowest BCUT2D eigenvalue weighted by Crippen LogP contribution is -2.17. The van der Waals surface area contributed by atoms with Crippen molar-refractivity contribution in [2.75, 3.05) is 0 Å². The van der Waals surface area contributed by atoms with E-state index in [1.54, 1.807) is 0 Å².